The van der Waals surface area contributed by atoms with Crippen LogP contribution in [0.15, 0.2) is 18.2 Å². The van der Waals surface area contributed by atoms with Gasteiger partial charge in [0.05, 0.1) is 18.1 Å². The zero-order chi connectivity index (χ0) is 15.2. The summed E-state index contributed by atoms with van der Waals surface area (Å²) in [5, 5.41) is 14.6. The summed E-state index contributed by atoms with van der Waals surface area (Å²) >= 11 is 0. The molecule has 1 fully saturated rings. The smallest absolute Gasteiger partial charge is 0.296 e. The minimum atomic E-state index is -0.351. The number of anilines is 1. The summed E-state index contributed by atoms with van der Waals surface area (Å²) in [7, 11) is 1.52. The third-order valence-corrected chi connectivity index (χ3v) is 4.43. The van der Waals surface area contributed by atoms with Crippen LogP contribution < -0.4 is 10.1 Å². The molecular formula is C16H24N2O3. The topological polar surface area (TPSA) is 64.4 Å². The Balaban J connectivity index is 2.10. The first kappa shape index (κ1) is 15.6. The maximum Gasteiger partial charge on any atom is 0.296 e. The summed E-state index contributed by atoms with van der Waals surface area (Å²) in [5.74, 6) is 1.32. The summed E-state index contributed by atoms with van der Waals surface area (Å²) in [6.45, 7) is 2.24. The lowest BCUT2D eigenvalue weighted by atomic mass is 9.98. The van der Waals surface area contributed by atoms with Gasteiger partial charge in [-0.25, -0.2) is 0 Å². The first-order chi connectivity index (χ1) is 10.1. The predicted molar refractivity (Wildman–Crippen MR) is 83.9 cm³/mol. The second-order valence-corrected chi connectivity index (χ2v) is 5.76. The van der Waals surface area contributed by atoms with Gasteiger partial charge in [0.15, 0.2) is 0 Å². The molecule has 0 spiro atoms. The number of methoxy groups -OCH3 is 1. The SMILES string of the molecule is CCC1CCCC(Nc2ccc(OC)cc2[N+](=O)[O-])CC1. The second-order valence-electron chi connectivity index (χ2n) is 5.76. The van der Waals surface area contributed by atoms with Crippen molar-refractivity contribution in [1.29, 1.82) is 0 Å². The number of benzene rings is 1. The molecule has 0 aromatic heterocycles. The first-order valence-corrected chi connectivity index (χ1v) is 7.73. The lowest BCUT2D eigenvalue weighted by molar-refractivity contribution is -0.384. The Bertz CT molecular complexity index is 490. The highest BCUT2D eigenvalue weighted by molar-refractivity contribution is 5.64. The van der Waals surface area contributed by atoms with Crippen LogP contribution in [0.4, 0.5) is 11.4 Å². The monoisotopic (exact) mass is 292 g/mol. The molecule has 1 aromatic rings. The molecule has 5 heteroatoms. The standard InChI is InChI=1S/C16H24N2O3/c1-3-12-5-4-6-13(8-7-12)17-15-10-9-14(21-2)11-16(15)18(19)20/h9-13,17H,3-8H2,1-2H3. The van der Waals surface area contributed by atoms with Crippen molar-refractivity contribution in [3.05, 3.63) is 28.3 Å². The molecular weight excluding hydrogens is 268 g/mol. The van der Waals surface area contributed by atoms with Crippen LogP contribution in [0.5, 0.6) is 5.75 Å². The molecule has 0 saturated heterocycles. The fourth-order valence-corrected chi connectivity index (χ4v) is 3.06. The van der Waals surface area contributed by atoms with E-state index in [-0.39, 0.29) is 10.6 Å². The lowest BCUT2D eigenvalue weighted by Crippen LogP contribution is -2.19. The molecule has 0 aliphatic heterocycles. The summed E-state index contributed by atoms with van der Waals surface area (Å²) < 4.78 is 5.07. The Kier molecular flexibility index (Phi) is 5.42. The summed E-state index contributed by atoms with van der Waals surface area (Å²) in [6, 6.07) is 5.32. The van der Waals surface area contributed by atoms with Crippen LogP contribution in [0.25, 0.3) is 0 Å². The van der Waals surface area contributed by atoms with Crippen molar-refractivity contribution in [3.63, 3.8) is 0 Å². The van der Waals surface area contributed by atoms with Crippen molar-refractivity contribution in [1.82, 2.24) is 0 Å². The molecule has 0 amide bonds. The Labute approximate surface area is 125 Å². The molecule has 0 radical (unpaired) electrons. The largest absolute Gasteiger partial charge is 0.496 e. The molecule has 1 aliphatic rings. The van der Waals surface area contributed by atoms with E-state index in [9.17, 15) is 10.1 Å². The van der Waals surface area contributed by atoms with Crippen molar-refractivity contribution in [2.45, 2.75) is 51.5 Å². The van der Waals surface area contributed by atoms with Gasteiger partial charge in [-0.3, -0.25) is 10.1 Å². The molecule has 1 saturated carbocycles. The van der Waals surface area contributed by atoms with Gasteiger partial charge in [0, 0.05) is 6.04 Å². The normalized spacial score (nSPS) is 22.4. The molecule has 0 bridgehead atoms. The Hall–Kier alpha value is -1.78. The number of nitrogens with zero attached hydrogens (tertiary/aromatic N) is 1. The second kappa shape index (κ2) is 7.29. The maximum absolute atomic E-state index is 11.2. The van der Waals surface area contributed by atoms with Crippen molar-refractivity contribution >= 4 is 11.4 Å². The van der Waals surface area contributed by atoms with Crippen LogP contribution in [-0.4, -0.2) is 18.1 Å². The van der Waals surface area contributed by atoms with E-state index in [0.29, 0.717) is 17.5 Å². The van der Waals surface area contributed by atoms with Gasteiger partial charge in [-0.05, 0) is 37.3 Å². The highest BCUT2D eigenvalue weighted by Crippen LogP contribution is 2.32. The van der Waals surface area contributed by atoms with Crippen molar-refractivity contribution in [2.75, 3.05) is 12.4 Å². The fraction of sp³-hybridized carbons (Fsp3) is 0.625. The lowest BCUT2D eigenvalue weighted by Gasteiger charge is -2.18. The fourth-order valence-electron chi connectivity index (χ4n) is 3.06. The van der Waals surface area contributed by atoms with E-state index in [1.165, 1.54) is 38.9 Å². The molecule has 1 aromatic carbocycles. The molecule has 2 atom stereocenters. The van der Waals surface area contributed by atoms with Gasteiger partial charge in [-0.2, -0.15) is 0 Å². The molecule has 2 unspecified atom stereocenters. The molecule has 1 N–H and O–H groups in total. The Morgan fingerprint density at radius 1 is 1.33 bits per heavy atom. The van der Waals surface area contributed by atoms with E-state index in [1.54, 1.807) is 12.1 Å². The van der Waals surface area contributed by atoms with Crippen LogP contribution in [-0.2, 0) is 0 Å². The molecule has 5 nitrogen and oxygen atoms in total. The van der Waals surface area contributed by atoms with Crippen LogP contribution in [0.2, 0.25) is 0 Å². The zero-order valence-electron chi connectivity index (χ0n) is 12.8. The van der Waals surface area contributed by atoms with Crippen LogP contribution in [0, 0.1) is 16.0 Å². The average Bonchev–Trinajstić information content (AvgIpc) is 2.72. The van der Waals surface area contributed by atoms with Gasteiger partial charge in [0.25, 0.3) is 5.69 Å². The van der Waals surface area contributed by atoms with Crippen LogP contribution in [0.1, 0.15) is 45.4 Å². The number of ether oxygens (including phenoxy) is 1. The maximum atomic E-state index is 11.2. The number of hydrogen-bond acceptors (Lipinski definition) is 4. The van der Waals surface area contributed by atoms with Gasteiger partial charge in [-0.1, -0.05) is 26.2 Å². The number of nitrogens with one attached hydrogen (secondary N) is 1. The zero-order valence-corrected chi connectivity index (χ0v) is 12.8. The molecule has 21 heavy (non-hydrogen) atoms. The predicted octanol–water partition coefficient (Wildman–Crippen LogP) is 4.37. The van der Waals surface area contributed by atoms with E-state index < -0.39 is 0 Å². The summed E-state index contributed by atoms with van der Waals surface area (Å²) in [5.41, 5.74) is 0.686. The van der Waals surface area contributed by atoms with Crippen molar-refractivity contribution in [3.8, 4) is 5.75 Å². The highest BCUT2D eigenvalue weighted by Gasteiger charge is 2.21. The van der Waals surface area contributed by atoms with Crippen LogP contribution >= 0.6 is 0 Å². The number of hydrogen-bond donors (Lipinski definition) is 1. The third kappa shape index (κ3) is 4.09. The number of nitro groups is 1. The van der Waals surface area contributed by atoms with Gasteiger partial charge >= 0.3 is 0 Å². The van der Waals surface area contributed by atoms with E-state index in [2.05, 4.69) is 12.2 Å². The molecule has 1 aliphatic carbocycles. The summed E-state index contributed by atoms with van der Waals surface area (Å²) in [6.07, 6.45) is 7.08. The van der Waals surface area contributed by atoms with Gasteiger partial charge in [-0.15, -0.1) is 0 Å². The van der Waals surface area contributed by atoms with E-state index >= 15 is 0 Å². The van der Waals surface area contributed by atoms with Gasteiger partial charge in [0.2, 0.25) is 0 Å². The van der Waals surface area contributed by atoms with Gasteiger partial charge < -0.3 is 10.1 Å². The first-order valence-electron chi connectivity index (χ1n) is 7.73. The number of nitro benzene ring substituents is 1. The average molecular weight is 292 g/mol. The molecule has 116 valence electrons. The third-order valence-electron chi connectivity index (χ3n) is 4.43. The van der Waals surface area contributed by atoms with Gasteiger partial charge in [0.1, 0.15) is 11.4 Å². The van der Waals surface area contributed by atoms with Crippen LogP contribution in [0.3, 0.4) is 0 Å². The Morgan fingerprint density at radius 2 is 2.14 bits per heavy atom. The van der Waals surface area contributed by atoms with E-state index in [1.807, 2.05) is 0 Å². The molecule has 2 rings (SSSR count). The minimum Gasteiger partial charge on any atom is -0.496 e. The highest BCUT2D eigenvalue weighted by atomic mass is 16.6. The summed E-state index contributed by atoms with van der Waals surface area (Å²) in [4.78, 5) is 10.9. The minimum absolute atomic E-state index is 0.0886. The number of rotatable bonds is 5. The van der Waals surface area contributed by atoms with Crippen molar-refractivity contribution in [2.24, 2.45) is 5.92 Å². The van der Waals surface area contributed by atoms with E-state index in [4.69, 9.17) is 4.74 Å². The van der Waals surface area contributed by atoms with E-state index in [0.717, 1.165) is 18.8 Å². The molecule has 0 heterocycles. The van der Waals surface area contributed by atoms with Crippen molar-refractivity contribution < 1.29 is 9.66 Å². The quantitative estimate of drug-likeness (QED) is 0.497. The Morgan fingerprint density at radius 3 is 2.81 bits per heavy atom.